The molecule has 3 amide bonds. The van der Waals surface area contributed by atoms with Crippen molar-refractivity contribution >= 4 is 11.9 Å². The second-order valence-corrected chi connectivity index (χ2v) is 6.68. The first-order valence-corrected chi connectivity index (χ1v) is 8.38. The third-order valence-electron chi connectivity index (χ3n) is 4.96. The summed E-state index contributed by atoms with van der Waals surface area (Å²) in [6.07, 6.45) is 2.75. The van der Waals surface area contributed by atoms with Crippen LogP contribution in [-0.4, -0.2) is 66.9 Å². The van der Waals surface area contributed by atoms with Crippen LogP contribution in [0.15, 0.2) is 24.3 Å². The highest BCUT2D eigenvalue weighted by Gasteiger charge is 2.29. The van der Waals surface area contributed by atoms with E-state index in [-0.39, 0.29) is 11.9 Å². The number of rotatable bonds is 2. The van der Waals surface area contributed by atoms with Gasteiger partial charge in [0.2, 0.25) is 5.91 Å². The van der Waals surface area contributed by atoms with Crippen LogP contribution in [0.3, 0.4) is 0 Å². The fourth-order valence-corrected chi connectivity index (χ4v) is 3.63. The molecular formula is C18H25N3O2. The van der Waals surface area contributed by atoms with E-state index in [0.717, 1.165) is 12.8 Å². The predicted octanol–water partition coefficient (Wildman–Crippen LogP) is 1.93. The van der Waals surface area contributed by atoms with Gasteiger partial charge in [0.05, 0.1) is 0 Å². The summed E-state index contributed by atoms with van der Waals surface area (Å²) in [4.78, 5) is 29.8. The molecule has 1 atom stereocenters. The number of urea groups is 1. The Labute approximate surface area is 137 Å². The van der Waals surface area contributed by atoms with Gasteiger partial charge in [0.25, 0.3) is 0 Å². The molecule has 1 aromatic rings. The molecule has 23 heavy (non-hydrogen) atoms. The average molecular weight is 315 g/mol. The number of fused-ring (bicyclic) bond motifs is 1. The average Bonchev–Trinajstić information content (AvgIpc) is 2.97. The zero-order valence-electron chi connectivity index (χ0n) is 14.0. The normalized spacial score (nSPS) is 20.3. The number of aryl methyl sites for hydroxylation is 1. The van der Waals surface area contributed by atoms with Crippen molar-refractivity contribution in [1.29, 1.82) is 0 Å². The number of amides is 3. The molecule has 124 valence electrons. The van der Waals surface area contributed by atoms with Gasteiger partial charge in [-0.3, -0.25) is 4.79 Å². The van der Waals surface area contributed by atoms with Gasteiger partial charge < -0.3 is 14.7 Å². The molecule has 0 aromatic heterocycles. The molecule has 5 heteroatoms. The third kappa shape index (κ3) is 3.33. The number of hydrogen-bond acceptors (Lipinski definition) is 2. The van der Waals surface area contributed by atoms with Crippen LogP contribution in [0.4, 0.5) is 4.79 Å². The van der Waals surface area contributed by atoms with Crippen LogP contribution >= 0.6 is 0 Å². The van der Waals surface area contributed by atoms with Crippen molar-refractivity contribution in [3.05, 3.63) is 35.4 Å². The van der Waals surface area contributed by atoms with E-state index >= 15 is 0 Å². The molecule has 1 aromatic carbocycles. The molecule has 1 aliphatic carbocycles. The first-order chi connectivity index (χ1) is 11.1. The minimum absolute atomic E-state index is 0.0295. The van der Waals surface area contributed by atoms with E-state index in [1.165, 1.54) is 11.1 Å². The number of piperazine rings is 1. The Bertz CT molecular complexity index is 592. The van der Waals surface area contributed by atoms with Crippen LogP contribution in [0, 0.1) is 0 Å². The number of carbonyl (C=O) groups excluding carboxylic acids is 2. The zero-order valence-corrected chi connectivity index (χ0v) is 14.0. The van der Waals surface area contributed by atoms with E-state index in [1.807, 2.05) is 9.80 Å². The van der Waals surface area contributed by atoms with Crippen molar-refractivity contribution in [2.75, 3.05) is 40.3 Å². The molecule has 2 aliphatic rings. The lowest BCUT2D eigenvalue weighted by Gasteiger charge is -2.36. The lowest BCUT2D eigenvalue weighted by molar-refractivity contribution is -0.133. The van der Waals surface area contributed by atoms with Crippen LogP contribution in [-0.2, 0) is 11.2 Å². The Kier molecular flexibility index (Phi) is 4.55. The maximum absolute atomic E-state index is 12.6. The molecule has 0 saturated carbocycles. The van der Waals surface area contributed by atoms with Crippen LogP contribution < -0.4 is 0 Å². The van der Waals surface area contributed by atoms with E-state index < -0.39 is 0 Å². The molecule has 1 saturated heterocycles. The Morgan fingerprint density at radius 3 is 2.43 bits per heavy atom. The van der Waals surface area contributed by atoms with Crippen molar-refractivity contribution in [1.82, 2.24) is 14.7 Å². The first kappa shape index (κ1) is 15.8. The van der Waals surface area contributed by atoms with Gasteiger partial charge in [0.1, 0.15) is 0 Å². The Hall–Kier alpha value is -2.04. The van der Waals surface area contributed by atoms with Crippen molar-refractivity contribution in [2.24, 2.45) is 0 Å². The van der Waals surface area contributed by atoms with Gasteiger partial charge in [-0.1, -0.05) is 24.3 Å². The van der Waals surface area contributed by atoms with Gasteiger partial charge in [-0.2, -0.15) is 0 Å². The second-order valence-electron chi connectivity index (χ2n) is 6.68. The standard InChI is InChI=1S/C18H25N3O2/c1-19(2)18(23)21-11-9-20(10-12-21)17(22)13-15-8-7-14-5-3-4-6-16(14)15/h3-6,15H,7-13H2,1-2H3. The molecule has 1 heterocycles. The summed E-state index contributed by atoms with van der Waals surface area (Å²) in [7, 11) is 3.52. The lowest BCUT2D eigenvalue weighted by Crippen LogP contribution is -2.53. The molecule has 0 spiro atoms. The van der Waals surface area contributed by atoms with Crippen LogP contribution in [0.2, 0.25) is 0 Å². The van der Waals surface area contributed by atoms with E-state index in [2.05, 4.69) is 24.3 Å². The Balaban J connectivity index is 1.54. The van der Waals surface area contributed by atoms with Crippen molar-refractivity contribution in [2.45, 2.75) is 25.2 Å². The Morgan fingerprint density at radius 2 is 1.74 bits per heavy atom. The van der Waals surface area contributed by atoms with Crippen molar-refractivity contribution in [3.63, 3.8) is 0 Å². The van der Waals surface area contributed by atoms with E-state index in [4.69, 9.17) is 0 Å². The van der Waals surface area contributed by atoms with Gasteiger partial charge in [-0.15, -0.1) is 0 Å². The molecule has 0 radical (unpaired) electrons. The number of nitrogens with zero attached hydrogens (tertiary/aromatic N) is 3. The predicted molar refractivity (Wildman–Crippen MR) is 89.4 cm³/mol. The molecule has 1 fully saturated rings. The summed E-state index contributed by atoms with van der Waals surface area (Å²) >= 11 is 0. The fraction of sp³-hybridized carbons (Fsp3) is 0.556. The number of hydrogen-bond donors (Lipinski definition) is 0. The SMILES string of the molecule is CN(C)C(=O)N1CCN(C(=O)CC2CCc3ccccc32)CC1. The molecular weight excluding hydrogens is 290 g/mol. The molecule has 1 aliphatic heterocycles. The summed E-state index contributed by atoms with van der Waals surface area (Å²) < 4.78 is 0. The van der Waals surface area contributed by atoms with Gasteiger partial charge in [0.15, 0.2) is 0 Å². The smallest absolute Gasteiger partial charge is 0.319 e. The zero-order chi connectivity index (χ0) is 16.4. The highest BCUT2D eigenvalue weighted by molar-refractivity contribution is 5.78. The summed E-state index contributed by atoms with van der Waals surface area (Å²) in [5.74, 6) is 0.587. The van der Waals surface area contributed by atoms with Gasteiger partial charge in [-0.25, -0.2) is 4.79 Å². The highest BCUT2D eigenvalue weighted by Crippen LogP contribution is 2.35. The third-order valence-corrected chi connectivity index (χ3v) is 4.96. The van der Waals surface area contributed by atoms with E-state index in [1.54, 1.807) is 19.0 Å². The minimum atomic E-state index is 0.0295. The molecule has 0 bridgehead atoms. The fourth-order valence-electron chi connectivity index (χ4n) is 3.63. The van der Waals surface area contributed by atoms with Gasteiger partial charge in [-0.05, 0) is 29.9 Å². The number of benzene rings is 1. The first-order valence-electron chi connectivity index (χ1n) is 8.38. The van der Waals surface area contributed by atoms with Crippen molar-refractivity contribution < 1.29 is 9.59 Å². The molecule has 3 rings (SSSR count). The summed E-state index contributed by atoms with van der Waals surface area (Å²) in [5, 5.41) is 0. The maximum Gasteiger partial charge on any atom is 0.319 e. The minimum Gasteiger partial charge on any atom is -0.339 e. The second kappa shape index (κ2) is 6.60. The Morgan fingerprint density at radius 1 is 1.09 bits per heavy atom. The maximum atomic E-state index is 12.6. The van der Waals surface area contributed by atoms with E-state index in [9.17, 15) is 9.59 Å². The van der Waals surface area contributed by atoms with Crippen LogP contribution in [0.25, 0.3) is 0 Å². The quantitative estimate of drug-likeness (QED) is 0.837. The topological polar surface area (TPSA) is 43.9 Å². The van der Waals surface area contributed by atoms with Gasteiger partial charge >= 0.3 is 6.03 Å². The van der Waals surface area contributed by atoms with Gasteiger partial charge in [0, 0.05) is 46.7 Å². The summed E-state index contributed by atoms with van der Waals surface area (Å²) in [6.45, 7) is 2.55. The molecule has 1 unspecified atom stereocenters. The van der Waals surface area contributed by atoms with Crippen LogP contribution in [0.5, 0.6) is 0 Å². The molecule has 0 N–H and O–H groups in total. The monoisotopic (exact) mass is 315 g/mol. The highest BCUT2D eigenvalue weighted by atomic mass is 16.2. The molecule has 5 nitrogen and oxygen atoms in total. The lowest BCUT2D eigenvalue weighted by atomic mass is 9.97. The summed E-state index contributed by atoms with van der Waals surface area (Å²) in [6, 6.07) is 8.50. The summed E-state index contributed by atoms with van der Waals surface area (Å²) in [5.41, 5.74) is 2.74. The number of carbonyl (C=O) groups is 2. The van der Waals surface area contributed by atoms with E-state index in [0.29, 0.717) is 38.5 Å². The largest absolute Gasteiger partial charge is 0.339 e. The van der Waals surface area contributed by atoms with Crippen molar-refractivity contribution in [3.8, 4) is 0 Å². The van der Waals surface area contributed by atoms with Crippen LogP contribution in [0.1, 0.15) is 29.9 Å².